The quantitative estimate of drug-likeness (QED) is 0.612. The molecule has 0 aromatic rings. The zero-order valence-corrected chi connectivity index (χ0v) is 9.89. The highest BCUT2D eigenvalue weighted by Crippen LogP contribution is 2.03. The van der Waals surface area contributed by atoms with E-state index >= 15 is 0 Å². The Morgan fingerprint density at radius 3 is 2.43 bits per heavy atom. The minimum atomic E-state index is 0.152. The van der Waals surface area contributed by atoms with Crippen LogP contribution in [0.2, 0.25) is 0 Å². The Bertz CT molecular complexity index is 157. The maximum absolute atomic E-state index is 11.4. The third kappa shape index (κ3) is 8.05. The molecule has 1 amide bonds. The Balaban J connectivity index is 3.50. The van der Waals surface area contributed by atoms with Crippen LogP contribution < -0.4 is 10.6 Å². The monoisotopic (exact) mass is 200 g/mol. The molecule has 0 saturated heterocycles. The first-order chi connectivity index (χ1) is 6.56. The van der Waals surface area contributed by atoms with Crippen molar-refractivity contribution in [2.45, 2.75) is 46.6 Å². The fourth-order valence-electron chi connectivity index (χ4n) is 1.49. The second-order valence-corrected chi connectivity index (χ2v) is 4.20. The predicted molar refractivity (Wildman–Crippen MR) is 60.2 cm³/mol. The van der Waals surface area contributed by atoms with E-state index in [1.165, 1.54) is 0 Å². The number of hydrogen-bond donors (Lipinski definition) is 2. The maximum Gasteiger partial charge on any atom is 0.221 e. The summed E-state index contributed by atoms with van der Waals surface area (Å²) in [6, 6.07) is 0.295. The number of nitrogens with one attached hydrogen (secondary N) is 2. The van der Waals surface area contributed by atoms with Gasteiger partial charge in [0, 0.05) is 19.0 Å². The summed E-state index contributed by atoms with van der Waals surface area (Å²) in [5.74, 6) is 0.790. The number of carbonyl (C=O) groups excluding carboxylic acids is 1. The number of rotatable bonds is 7. The third-order valence-corrected chi connectivity index (χ3v) is 2.01. The van der Waals surface area contributed by atoms with Crippen LogP contribution in [-0.2, 0) is 4.79 Å². The molecule has 0 rings (SSSR count). The van der Waals surface area contributed by atoms with Crippen molar-refractivity contribution < 1.29 is 4.79 Å². The largest absolute Gasteiger partial charge is 0.354 e. The van der Waals surface area contributed by atoms with Gasteiger partial charge in [-0.25, -0.2) is 0 Å². The molecule has 1 unspecified atom stereocenters. The van der Waals surface area contributed by atoms with Gasteiger partial charge in [0.15, 0.2) is 0 Å². The van der Waals surface area contributed by atoms with Crippen molar-refractivity contribution in [1.82, 2.24) is 10.6 Å². The van der Waals surface area contributed by atoms with Gasteiger partial charge < -0.3 is 10.6 Å². The SMILES string of the molecule is CCNCCC(=O)NC(C)CC(C)C. The zero-order chi connectivity index (χ0) is 11.0. The first kappa shape index (κ1) is 13.4. The molecular weight excluding hydrogens is 176 g/mol. The Hall–Kier alpha value is -0.570. The molecule has 0 aromatic heterocycles. The van der Waals surface area contributed by atoms with E-state index in [9.17, 15) is 4.79 Å². The van der Waals surface area contributed by atoms with Gasteiger partial charge in [0.05, 0.1) is 0 Å². The summed E-state index contributed by atoms with van der Waals surface area (Å²) in [7, 11) is 0. The molecule has 0 aromatic carbocycles. The van der Waals surface area contributed by atoms with Crippen molar-refractivity contribution >= 4 is 5.91 Å². The maximum atomic E-state index is 11.4. The Labute approximate surface area is 87.6 Å². The number of hydrogen-bond acceptors (Lipinski definition) is 2. The van der Waals surface area contributed by atoms with Gasteiger partial charge in [0.1, 0.15) is 0 Å². The van der Waals surface area contributed by atoms with Crippen molar-refractivity contribution in [3.05, 3.63) is 0 Å². The average Bonchev–Trinajstić information content (AvgIpc) is 2.02. The normalized spacial score (nSPS) is 12.9. The van der Waals surface area contributed by atoms with Crippen LogP contribution >= 0.6 is 0 Å². The first-order valence-electron chi connectivity index (χ1n) is 5.56. The highest BCUT2D eigenvalue weighted by molar-refractivity contribution is 5.76. The summed E-state index contributed by atoms with van der Waals surface area (Å²) in [6.45, 7) is 10.1. The lowest BCUT2D eigenvalue weighted by molar-refractivity contribution is -0.121. The van der Waals surface area contributed by atoms with Gasteiger partial charge in [-0.3, -0.25) is 4.79 Å². The minimum absolute atomic E-state index is 0.152. The molecule has 0 aliphatic rings. The molecule has 2 N–H and O–H groups in total. The molecule has 0 heterocycles. The van der Waals surface area contributed by atoms with Crippen molar-refractivity contribution in [3.63, 3.8) is 0 Å². The van der Waals surface area contributed by atoms with E-state index in [2.05, 4.69) is 31.4 Å². The molecule has 1 atom stereocenters. The molecule has 0 spiro atoms. The van der Waals surface area contributed by atoms with Gasteiger partial charge in [0.2, 0.25) is 5.91 Å². The number of carbonyl (C=O) groups is 1. The Morgan fingerprint density at radius 1 is 1.29 bits per heavy atom. The molecule has 0 fully saturated rings. The second-order valence-electron chi connectivity index (χ2n) is 4.20. The van der Waals surface area contributed by atoms with Crippen LogP contribution in [-0.4, -0.2) is 25.0 Å². The van der Waals surface area contributed by atoms with E-state index in [0.717, 1.165) is 19.5 Å². The smallest absolute Gasteiger partial charge is 0.221 e. The van der Waals surface area contributed by atoms with Gasteiger partial charge in [-0.05, 0) is 25.8 Å². The van der Waals surface area contributed by atoms with E-state index < -0.39 is 0 Å². The van der Waals surface area contributed by atoms with Crippen LogP contribution in [0, 0.1) is 5.92 Å². The first-order valence-corrected chi connectivity index (χ1v) is 5.56. The fourth-order valence-corrected chi connectivity index (χ4v) is 1.49. The highest BCUT2D eigenvalue weighted by Gasteiger charge is 2.07. The van der Waals surface area contributed by atoms with Crippen LogP contribution in [0.3, 0.4) is 0 Å². The molecule has 84 valence electrons. The standard InChI is InChI=1S/C11H24N2O/c1-5-12-7-6-11(14)13-10(4)8-9(2)3/h9-10,12H,5-8H2,1-4H3,(H,13,14). The molecule has 0 aliphatic carbocycles. The van der Waals surface area contributed by atoms with Gasteiger partial charge >= 0.3 is 0 Å². The molecule has 0 bridgehead atoms. The summed E-state index contributed by atoms with van der Waals surface area (Å²) >= 11 is 0. The molecule has 3 nitrogen and oxygen atoms in total. The Kier molecular flexibility index (Phi) is 7.48. The van der Waals surface area contributed by atoms with Crippen LogP contribution in [0.4, 0.5) is 0 Å². The third-order valence-electron chi connectivity index (χ3n) is 2.01. The summed E-state index contributed by atoms with van der Waals surface area (Å²) in [5, 5.41) is 6.12. The molecule has 0 saturated carbocycles. The van der Waals surface area contributed by atoms with E-state index in [0.29, 0.717) is 18.4 Å². The van der Waals surface area contributed by atoms with Gasteiger partial charge in [-0.2, -0.15) is 0 Å². The lowest BCUT2D eigenvalue weighted by Crippen LogP contribution is -2.35. The Morgan fingerprint density at radius 2 is 1.93 bits per heavy atom. The topological polar surface area (TPSA) is 41.1 Å². The highest BCUT2D eigenvalue weighted by atomic mass is 16.1. The molecule has 0 aliphatic heterocycles. The summed E-state index contributed by atoms with van der Waals surface area (Å²) in [4.78, 5) is 11.4. The number of amides is 1. The molecule has 3 heteroatoms. The molecule has 0 radical (unpaired) electrons. The van der Waals surface area contributed by atoms with Crippen LogP contribution in [0.1, 0.15) is 40.5 Å². The minimum Gasteiger partial charge on any atom is -0.354 e. The van der Waals surface area contributed by atoms with Gasteiger partial charge in [0.25, 0.3) is 0 Å². The van der Waals surface area contributed by atoms with Crippen LogP contribution in [0.15, 0.2) is 0 Å². The summed E-state index contributed by atoms with van der Waals surface area (Å²) in [6.07, 6.45) is 1.63. The van der Waals surface area contributed by atoms with Gasteiger partial charge in [-0.15, -0.1) is 0 Å². The van der Waals surface area contributed by atoms with E-state index in [4.69, 9.17) is 0 Å². The molecule has 14 heavy (non-hydrogen) atoms. The van der Waals surface area contributed by atoms with Crippen LogP contribution in [0.25, 0.3) is 0 Å². The predicted octanol–water partition coefficient (Wildman–Crippen LogP) is 1.54. The average molecular weight is 200 g/mol. The van der Waals surface area contributed by atoms with Crippen molar-refractivity contribution in [3.8, 4) is 0 Å². The van der Waals surface area contributed by atoms with E-state index in [1.54, 1.807) is 0 Å². The van der Waals surface area contributed by atoms with E-state index in [1.807, 2.05) is 6.92 Å². The lowest BCUT2D eigenvalue weighted by atomic mass is 10.1. The lowest BCUT2D eigenvalue weighted by Gasteiger charge is -2.15. The van der Waals surface area contributed by atoms with Crippen molar-refractivity contribution in [1.29, 1.82) is 0 Å². The van der Waals surface area contributed by atoms with E-state index in [-0.39, 0.29) is 5.91 Å². The summed E-state index contributed by atoms with van der Waals surface area (Å²) < 4.78 is 0. The summed E-state index contributed by atoms with van der Waals surface area (Å²) in [5.41, 5.74) is 0. The fraction of sp³-hybridized carbons (Fsp3) is 0.909. The second kappa shape index (κ2) is 7.80. The zero-order valence-electron chi connectivity index (χ0n) is 9.89. The van der Waals surface area contributed by atoms with Gasteiger partial charge in [-0.1, -0.05) is 20.8 Å². The van der Waals surface area contributed by atoms with Crippen molar-refractivity contribution in [2.75, 3.05) is 13.1 Å². The van der Waals surface area contributed by atoms with Crippen molar-refractivity contribution in [2.24, 2.45) is 5.92 Å². The van der Waals surface area contributed by atoms with Crippen LogP contribution in [0.5, 0.6) is 0 Å². The molecular formula is C11H24N2O.